The van der Waals surface area contributed by atoms with E-state index in [1.807, 2.05) is 45.9 Å². The summed E-state index contributed by atoms with van der Waals surface area (Å²) in [5.74, 6) is 0.462. The van der Waals surface area contributed by atoms with Gasteiger partial charge >= 0.3 is 0 Å². The summed E-state index contributed by atoms with van der Waals surface area (Å²) in [4.78, 5) is 35.3. The average molecular weight is 425 g/mol. The molecule has 2 aromatic heterocycles. The molecule has 1 fully saturated rings. The van der Waals surface area contributed by atoms with Gasteiger partial charge in [0.05, 0.1) is 11.9 Å². The number of benzene rings is 1. The van der Waals surface area contributed by atoms with E-state index in [9.17, 15) is 9.59 Å². The molecule has 1 amide bonds. The molecule has 0 aliphatic carbocycles. The van der Waals surface area contributed by atoms with Gasteiger partial charge in [-0.15, -0.1) is 11.3 Å². The molecule has 158 valence electrons. The molecular formula is C23H28N4O2S. The number of likely N-dealkylation sites (tertiary alicyclic amines) is 1. The van der Waals surface area contributed by atoms with Gasteiger partial charge in [-0.05, 0) is 70.8 Å². The van der Waals surface area contributed by atoms with E-state index in [0.717, 1.165) is 58.0 Å². The minimum absolute atomic E-state index is 0.0351. The van der Waals surface area contributed by atoms with Crippen molar-refractivity contribution in [1.82, 2.24) is 14.5 Å². The van der Waals surface area contributed by atoms with Crippen LogP contribution in [0.1, 0.15) is 40.2 Å². The highest BCUT2D eigenvalue weighted by molar-refractivity contribution is 7.18. The zero-order valence-electron chi connectivity index (χ0n) is 18.0. The summed E-state index contributed by atoms with van der Waals surface area (Å²) >= 11 is 1.55. The van der Waals surface area contributed by atoms with E-state index in [0.29, 0.717) is 17.8 Å². The SMILES string of the molecule is Cc1ccc(NC(=O)Cn2c(CN3CCCC3)nc3sc(C)c(C)c3c2=O)c(C)c1. The Hall–Kier alpha value is -2.51. The maximum absolute atomic E-state index is 13.4. The van der Waals surface area contributed by atoms with Crippen molar-refractivity contribution in [3.05, 3.63) is 55.9 Å². The van der Waals surface area contributed by atoms with Gasteiger partial charge in [0.1, 0.15) is 17.2 Å². The molecule has 1 aliphatic rings. The second-order valence-corrected chi connectivity index (χ2v) is 9.44. The predicted octanol–water partition coefficient (Wildman–Crippen LogP) is 3.93. The maximum Gasteiger partial charge on any atom is 0.263 e. The number of aromatic nitrogens is 2. The minimum atomic E-state index is -0.211. The fourth-order valence-corrected chi connectivity index (χ4v) is 5.12. The van der Waals surface area contributed by atoms with Crippen LogP contribution in [0.2, 0.25) is 0 Å². The molecular weight excluding hydrogens is 396 g/mol. The summed E-state index contributed by atoms with van der Waals surface area (Å²) in [7, 11) is 0. The molecule has 0 saturated carbocycles. The Morgan fingerprint density at radius 2 is 1.90 bits per heavy atom. The largest absolute Gasteiger partial charge is 0.324 e. The summed E-state index contributed by atoms with van der Waals surface area (Å²) < 4.78 is 1.57. The number of hydrogen-bond donors (Lipinski definition) is 1. The number of nitrogens with zero attached hydrogens (tertiary/aromatic N) is 3. The molecule has 3 heterocycles. The highest BCUT2D eigenvalue weighted by Crippen LogP contribution is 2.27. The Bertz CT molecular complexity index is 1170. The van der Waals surface area contributed by atoms with Gasteiger partial charge in [0, 0.05) is 10.6 Å². The summed E-state index contributed by atoms with van der Waals surface area (Å²) in [6, 6.07) is 5.91. The molecule has 1 saturated heterocycles. The van der Waals surface area contributed by atoms with Crippen molar-refractivity contribution in [2.75, 3.05) is 18.4 Å². The van der Waals surface area contributed by atoms with E-state index in [2.05, 4.69) is 10.2 Å². The molecule has 0 bridgehead atoms. The van der Waals surface area contributed by atoms with E-state index < -0.39 is 0 Å². The van der Waals surface area contributed by atoms with E-state index in [1.165, 1.54) is 0 Å². The van der Waals surface area contributed by atoms with Crippen LogP contribution in [0.25, 0.3) is 10.2 Å². The molecule has 0 atom stereocenters. The average Bonchev–Trinajstić information content (AvgIpc) is 3.29. The monoisotopic (exact) mass is 424 g/mol. The van der Waals surface area contributed by atoms with Gasteiger partial charge in [-0.1, -0.05) is 17.7 Å². The molecule has 3 aromatic rings. The lowest BCUT2D eigenvalue weighted by atomic mass is 10.1. The zero-order chi connectivity index (χ0) is 21.4. The fraction of sp³-hybridized carbons (Fsp3) is 0.435. The smallest absolute Gasteiger partial charge is 0.263 e. The lowest BCUT2D eigenvalue weighted by Crippen LogP contribution is -2.33. The summed E-state index contributed by atoms with van der Waals surface area (Å²) in [6.45, 7) is 10.5. The number of aryl methyl sites for hydroxylation is 4. The Morgan fingerprint density at radius 1 is 1.17 bits per heavy atom. The third-order valence-electron chi connectivity index (χ3n) is 5.89. The van der Waals surface area contributed by atoms with E-state index >= 15 is 0 Å². The first-order chi connectivity index (χ1) is 14.3. The van der Waals surface area contributed by atoms with Gasteiger partial charge in [0.25, 0.3) is 5.56 Å². The summed E-state index contributed by atoms with van der Waals surface area (Å²) in [5, 5.41) is 3.61. The number of hydrogen-bond acceptors (Lipinski definition) is 5. The van der Waals surface area contributed by atoms with Crippen molar-refractivity contribution in [3.8, 4) is 0 Å². The quantitative estimate of drug-likeness (QED) is 0.674. The van der Waals surface area contributed by atoms with Crippen molar-refractivity contribution in [3.63, 3.8) is 0 Å². The molecule has 1 aromatic carbocycles. The molecule has 0 spiro atoms. The molecule has 0 unspecified atom stereocenters. The van der Waals surface area contributed by atoms with Crippen LogP contribution in [0, 0.1) is 27.7 Å². The highest BCUT2D eigenvalue weighted by Gasteiger charge is 2.21. The highest BCUT2D eigenvalue weighted by atomic mass is 32.1. The minimum Gasteiger partial charge on any atom is -0.324 e. The number of carbonyl (C=O) groups is 1. The third-order valence-corrected chi connectivity index (χ3v) is 6.99. The van der Waals surface area contributed by atoms with Gasteiger partial charge in [-0.3, -0.25) is 19.1 Å². The lowest BCUT2D eigenvalue weighted by molar-refractivity contribution is -0.116. The standard InChI is InChI=1S/C23H28N4O2S/c1-14-7-8-18(15(2)11-14)24-20(28)13-27-19(12-26-9-5-6-10-26)25-22-21(23(27)29)16(3)17(4)30-22/h7-8,11H,5-6,9-10,12-13H2,1-4H3,(H,24,28). The second kappa shape index (κ2) is 8.32. The topological polar surface area (TPSA) is 67.2 Å². The second-order valence-electron chi connectivity index (χ2n) is 8.23. The van der Waals surface area contributed by atoms with Crippen LogP contribution in [0.5, 0.6) is 0 Å². The Morgan fingerprint density at radius 3 is 2.60 bits per heavy atom. The number of amides is 1. The van der Waals surface area contributed by atoms with E-state index in [1.54, 1.807) is 15.9 Å². The maximum atomic E-state index is 13.4. The number of thiophene rings is 1. The van der Waals surface area contributed by atoms with Crippen LogP contribution in [-0.2, 0) is 17.9 Å². The number of anilines is 1. The number of carbonyl (C=O) groups excluding carboxylic acids is 1. The summed E-state index contributed by atoms with van der Waals surface area (Å²) in [5.41, 5.74) is 3.77. The molecule has 1 aliphatic heterocycles. The van der Waals surface area contributed by atoms with Crippen LogP contribution >= 0.6 is 11.3 Å². The van der Waals surface area contributed by atoms with E-state index in [4.69, 9.17) is 4.98 Å². The van der Waals surface area contributed by atoms with Gasteiger partial charge in [0.2, 0.25) is 5.91 Å². The van der Waals surface area contributed by atoms with Crippen molar-refractivity contribution in [2.45, 2.75) is 53.6 Å². The number of rotatable bonds is 5. The van der Waals surface area contributed by atoms with Crippen LogP contribution in [0.15, 0.2) is 23.0 Å². The first kappa shape index (κ1) is 20.8. The van der Waals surface area contributed by atoms with Gasteiger partial charge in [-0.25, -0.2) is 4.98 Å². The molecule has 4 rings (SSSR count). The molecule has 30 heavy (non-hydrogen) atoms. The van der Waals surface area contributed by atoms with Crippen molar-refractivity contribution >= 4 is 33.1 Å². The first-order valence-corrected chi connectivity index (χ1v) is 11.2. The molecule has 0 radical (unpaired) electrons. The number of nitrogens with one attached hydrogen (secondary N) is 1. The molecule has 7 heteroatoms. The Labute approximate surface area is 180 Å². The number of fused-ring (bicyclic) bond motifs is 1. The predicted molar refractivity (Wildman–Crippen MR) is 122 cm³/mol. The van der Waals surface area contributed by atoms with Gasteiger partial charge < -0.3 is 5.32 Å². The van der Waals surface area contributed by atoms with Crippen LogP contribution in [-0.4, -0.2) is 33.4 Å². The van der Waals surface area contributed by atoms with Crippen LogP contribution in [0.4, 0.5) is 5.69 Å². The zero-order valence-corrected chi connectivity index (χ0v) is 18.9. The third kappa shape index (κ3) is 4.04. The van der Waals surface area contributed by atoms with Gasteiger partial charge in [0.15, 0.2) is 0 Å². The summed E-state index contributed by atoms with van der Waals surface area (Å²) in [6.07, 6.45) is 2.33. The van der Waals surface area contributed by atoms with E-state index in [-0.39, 0.29) is 18.0 Å². The van der Waals surface area contributed by atoms with Crippen molar-refractivity contribution < 1.29 is 4.79 Å². The molecule has 1 N–H and O–H groups in total. The van der Waals surface area contributed by atoms with Crippen molar-refractivity contribution in [1.29, 1.82) is 0 Å². The normalized spacial score (nSPS) is 14.5. The lowest BCUT2D eigenvalue weighted by Gasteiger charge is -2.18. The van der Waals surface area contributed by atoms with Gasteiger partial charge in [-0.2, -0.15) is 0 Å². The first-order valence-electron chi connectivity index (χ1n) is 10.4. The Balaban J connectivity index is 1.69. The fourth-order valence-electron chi connectivity index (χ4n) is 4.08. The molecule has 6 nitrogen and oxygen atoms in total. The van der Waals surface area contributed by atoms with Crippen molar-refractivity contribution in [2.24, 2.45) is 0 Å². The van der Waals surface area contributed by atoms with Crippen LogP contribution < -0.4 is 10.9 Å². The van der Waals surface area contributed by atoms with Crippen LogP contribution in [0.3, 0.4) is 0 Å². The Kier molecular flexibility index (Phi) is 5.75.